The van der Waals surface area contributed by atoms with E-state index in [1.807, 2.05) is 50.2 Å². The molecule has 0 N–H and O–H groups in total. The number of hydrogen-bond donors (Lipinski definition) is 0. The highest BCUT2D eigenvalue weighted by atomic mass is 32.2. The number of ether oxygens (including phenoxy) is 1. The largest absolute Gasteiger partial charge is 0.492 e. The summed E-state index contributed by atoms with van der Waals surface area (Å²) in [5, 5.41) is 0. The molecule has 1 atom stereocenters. The second-order valence-corrected chi connectivity index (χ2v) is 7.52. The lowest BCUT2D eigenvalue weighted by Crippen LogP contribution is -2.39. The van der Waals surface area contributed by atoms with Crippen molar-refractivity contribution >= 4 is 10.0 Å². The topological polar surface area (TPSA) is 46.6 Å². The number of para-hydroxylation sites is 1. The molecule has 3 rings (SSSR count). The predicted molar refractivity (Wildman–Crippen MR) is 85.3 cm³/mol. The zero-order chi connectivity index (χ0) is 15.7. The van der Waals surface area contributed by atoms with E-state index in [9.17, 15) is 8.42 Å². The molecule has 0 amide bonds. The number of hydrogen-bond acceptors (Lipinski definition) is 3. The number of nitrogens with zero attached hydrogens (tertiary/aromatic N) is 1. The van der Waals surface area contributed by atoms with Crippen LogP contribution < -0.4 is 4.74 Å². The Hall–Kier alpha value is -1.85. The van der Waals surface area contributed by atoms with E-state index in [0.717, 1.165) is 16.9 Å². The zero-order valence-corrected chi connectivity index (χ0v) is 13.5. The van der Waals surface area contributed by atoms with Crippen LogP contribution in [-0.2, 0) is 16.6 Å². The third kappa shape index (κ3) is 2.74. The van der Waals surface area contributed by atoms with Crippen molar-refractivity contribution in [3.63, 3.8) is 0 Å². The molecule has 0 aliphatic carbocycles. The summed E-state index contributed by atoms with van der Waals surface area (Å²) in [6.07, 6.45) is 0. The summed E-state index contributed by atoms with van der Waals surface area (Å²) in [4.78, 5) is 0.323. The van der Waals surface area contributed by atoms with Gasteiger partial charge in [0.05, 0.1) is 10.9 Å². The lowest BCUT2D eigenvalue weighted by Gasteiger charge is -2.25. The van der Waals surface area contributed by atoms with Crippen LogP contribution >= 0.6 is 0 Å². The van der Waals surface area contributed by atoms with Crippen LogP contribution in [0.25, 0.3) is 0 Å². The fourth-order valence-electron chi connectivity index (χ4n) is 2.56. The predicted octanol–water partition coefficient (Wildman–Crippen LogP) is 2.97. The molecule has 4 nitrogen and oxygen atoms in total. The fraction of sp³-hybridized carbons (Fsp3) is 0.294. The second kappa shape index (κ2) is 5.74. The van der Waals surface area contributed by atoms with Gasteiger partial charge < -0.3 is 4.74 Å². The smallest absolute Gasteiger partial charge is 0.243 e. The third-order valence-corrected chi connectivity index (χ3v) is 5.87. The molecule has 2 aromatic carbocycles. The Balaban J connectivity index is 2.00. The van der Waals surface area contributed by atoms with E-state index in [0.29, 0.717) is 18.0 Å². The number of sulfonamides is 1. The van der Waals surface area contributed by atoms with Crippen LogP contribution in [-0.4, -0.2) is 25.4 Å². The maximum atomic E-state index is 12.9. The Bertz CT molecular complexity index is 769. The number of benzene rings is 2. The summed E-state index contributed by atoms with van der Waals surface area (Å²) < 4.78 is 33.1. The van der Waals surface area contributed by atoms with Crippen molar-refractivity contribution < 1.29 is 13.2 Å². The standard InChI is InChI=1S/C17H19NO3S/c1-13-7-9-16(10-8-13)22(19,20)18-11-15-5-3-4-6-17(15)21-12-14(18)2/h3-10,14H,11-12H2,1-2H3/t14-/m0/s1. The molecular weight excluding hydrogens is 298 g/mol. The molecule has 0 saturated carbocycles. The van der Waals surface area contributed by atoms with Gasteiger partial charge in [-0.1, -0.05) is 35.9 Å². The van der Waals surface area contributed by atoms with Crippen LogP contribution in [0.3, 0.4) is 0 Å². The van der Waals surface area contributed by atoms with Gasteiger partial charge in [0.15, 0.2) is 0 Å². The maximum absolute atomic E-state index is 12.9. The molecule has 22 heavy (non-hydrogen) atoms. The van der Waals surface area contributed by atoms with Crippen molar-refractivity contribution in [1.82, 2.24) is 4.31 Å². The van der Waals surface area contributed by atoms with Crippen LogP contribution in [0.15, 0.2) is 53.4 Å². The first-order valence-electron chi connectivity index (χ1n) is 7.28. The average molecular weight is 317 g/mol. The summed E-state index contributed by atoms with van der Waals surface area (Å²) in [7, 11) is -3.54. The summed E-state index contributed by atoms with van der Waals surface area (Å²) >= 11 is 0. The maximum Gasteiger partial charge on any atom is 0.243 e. The minimum atomic E-state index is -3.54. The van der Waals surface area contributed by atoms with E-state index in [-0.39, 0.29) is 6.04 Å². The molecule has 0 fully saturated rings. The Morgan fingerprint density at radius 2 is 1.77 bits per heavy atom. The van der Waals surface area contributed by atoms with E-state index in [2.05, 4.69) is 0 Å². The molecule has 1 aliphatic rings. The van der Waals surface area contributed by atoms with Gasteiger partial charge in [0, 0.05) is 12.1 Å². The molecular formula is C17H19NO3S. The highest BCUT2D eigenvalue weighted by molar-refractivity contribution is 7.89. The summed E-state index contributed by atoms with van der Waals surface area (Å²) in [6, 6.07) is 14.3. The van der Waals surface area contributed by atoms with E-state index in [4.69, 9.17) is 4.74 Å². The zero-order valence-electron chi connectivity index (χ0n) is 12.7. The Labute approximate surface area is 131 Å². The minimum absolute atomic E-state index is 0.223. The lowest BCUT2D eigenvalue weighted by molar-refractivity contribution is 0.233. The molecule has 1 heterocycles. The monoisotopic (exact) mass is 317 g/mol. The van der Waals surface area contributed by atoms with Crippen LogP contribution in [0.4, 0.5) is 0 Å². The van der Waals surface area contributed by atoms with Crippen molar-refractivity contribution in [3.8, 4) is 5.75 Å². The van der Waals surface area contributed by atoms with Gasteiger partial charge in [-0.25, -0.2) is 8.42 Å². The van der Waals surface area contributed by atoms with Crippen molar-refractivity contribution in [2.75, 3.05) is 6.61 Å². The molecule has 116 valence electrons. The van der Waals surface area contributed by atoms with Gasteiger partial charge in [0.1, 0.15) is 12.4 Å². The molecule has 0 saturated heterocycles. The minimum Gasteiger partial charge on any atom is -0.492 e. The molecule has 0 bridgehead atoms. The van der Waals surface area contributed by atoms with E-state index in [1.165, 1.54) is 4.31 Å². The van der Waals surface area contributed by atoms with Gasteiger partial charge in [0.25, 0.3) is 0 Å². The van der Waals surface area contributed by atoms with E-state index >= 15 is 0 Å². The highest BCUT2D eigenvalue weighted by Gasteiger charge is 2.32. The van der Waals surface area contributed by atoms with Gasteiger partial charge in [0.2, 0.25) is 10.0 Å². The van der Waals surface area contributed by atoms with Crippen LogP contribution in [0.5, 0.6) is 5.75 Å². The van der Waals surface area contributed by atoms with E-state index in [1.54, 1.807) is 12.1 Å². The molecule has 1 aliphatic heterocycles. The SMILES string of the molecule is Cc1ccc(S(=O)(=O)N2Cc3ccccc3OC[C@@H]2C)cc1. The van der Waals surface area contributed by atoms with Crippen molar-refractivity contribution in [3.05, 3.63) is 59.7 Å². The molecule has 0 unspecified atom stereocenters. The van der Waals surface area contributed by atoms with Gasteiger partial charge in [-0.2, -0.15) is 4.31 Å². The first kappa shape index (κ1) is 15.1. The van der Waals surface area contributed by atoms with Crippen molar-refractivity contribution in [2.24, 2.45) is 0 Å². The Kier molecular flexibility index (Phi) is 3.93. The summed E-state index contributed by atoms with van der Waals surface area (Å²) in [5.74, 6) is 0.760. The Morgan fingerprint density at radius 1 is 1.09 bits per heavy atom. The van der Waals surface area contributed by atoms with Gasteiger partial charge >= 0.3 is 0 Å². The van der Waals surface area contributed by atoms with Gasteiger partial charge in [-0.05, 0) is 32.0 Å². The molecule has 2 aromatic rings. The molecule has 0 spiro atoms. The Morgan fingerprint density at radius 3 is 2.50 bits per heavy atom. The number of fused-ring (bicyclic) bond motifs is 1. The molecule has 0 radical (unpaired) electrons. The first-order chi connectivity index (χ1) is 10.5. The molecule has 5 heteroatoms. The lowest BCUT2D eigenvalue weighted by atomic mass is 10.2. The summed E-state index contributed by atoms with van der Waals surface area (Å²) in [5.41, 5.74) is 1.93. The van der Waals surface area contributed by atoms with Gasteiger partial charge in [-0.3, -0.25) is 0 Å². The van der Waals surface area contributed by atoms with Crippen molar-refractivity contribution in [2.45, 2.75) is 31.3 Å². The normalized spacial score (nSPS) is 19.1. The third-order valence-electron chi connectivity index (χ3n) is 3.90. The van der Waals surface area contributed by atoms with Crippen LogP contribution in [0.1, 0.15) is 18.1 Å². The average Bonchev–Trinajstić information content (AvgIpc) is 2.68. The number of rotatable bonds is 2. The van der Waals surface area contributed by atoms with Crippen LogP contribution in [0, 0.1) is 6.92 Å². The fourth-order valence-corrected chi connectivity index (χ4v) is 4.15. The second-order valence-electron chi connectivity index (χ2n) is 5.63. The van der Waals surface area contributed by atoms with Crippen LogP contribution in [0.2, 0.25) is 0 Å². The highest BCUT2D eigenvalue weighted by Crippen LogP contribution is 2.29. The van der Waals surface area contributed by atoms with Gasteiger partial charge in [-0.15, -0.1) is 0 Å². The summed E-state index contributed by atoms with van der Waals surface area (Å²) in [6.45, 7) is 4.49. The first-order valence-corrected chi connectivity index (χ1v) is 8.72. The molecule has 0 aromatic heterocycles. The quantitative estimate of drug-likeness (QED) is 0.855. The van der Waals surface area contributed by atoms with E-state index < -0.39 is 10.0 Å². The van der Waals surface area contributed by atoms with Crippen molar-refractivity contribution in [1.29, 1.82) is 0 Å². The number of aryl methyl sites for hydroxylation is 1.